The van der Waals surface area contributed by atoms with Crippen molar-refractivity contribution < 1.29 is 0 Å². The molecule has 0 aliphatic rings. The second-order valence-corrected chi connectivity index (χ2v) is 6.66. The van der Waals surface area contributed by atoms with Gasteiger partial charge in [-0.15, -0.1) is 11.3 Å². The fourth-order valence-electron chi connectivity index (χ4n) is 2.38. The fourth-order valence-corrected chi connectivity index (χ4v) is 3.20. The number of nitrogens with zero attached hydrogens (tertiary/aromatic N) is 2. The van der Waals surface area contributed by atoms with Gasteiger partial charge in [-0.25, -0.2) is 4.98 Å². The molecule has 1 aromatic carbocycles. The van der Waals surface area contributed by atoms with Crippen LogP contribution in [0.2, 0.25) is 0 Å². The van der Waals surface area contributed by atoms with Crippen molar-refractivity contribution in [1.82, 2.24) is 9.97 Å². The van der Waals surface area contributed by atoms with Crippen LogP contribution in [-0.4, -0.2) is 9.97 Å². The van der Waals surface area contributed by atoms with E-state index in [0.717, 1.165) is 39.6 Å². The van der Waals surface area contributed by atoms with Crippen LogP contribution in [-0.2, 0) is 6.42 Å². The first kappa shape index (κ1) is 14.7. The molecule has 0 saturated carbocycles. The Morgan fingerprint density at radius 2 is 2.00 bits per heavy atom. The molecule has 3 nitrogen and oxygen atoms in total. The van der Waals surface area contributed by atoms with E-state index in [4.69, 9.17) is 10.7 Å². The fraction of sp³-hybridized carbons (Fsp3) is 0.222. The summed E-state index contributed by atoms with van der Waals surface area (Å²) in [4.78, 5) is 9.19. The van der Waals surface area contributed by atoms with Gasteiger partial charge in [0, 0.05) is 34.1 Å². The Labute approximate surface area is 134 Å². The zero-order valence-corrected chi connectivity index (χ0v) is 13.6. The summed E-state index contributed by atoms with van der Waals surface area (Å²) in [6.45, 7) is 4.41. The molecule has 2 N–H and O–H groups in total. The summed E-state index contributed by atoms with van der Waals surface area (Å²) in [6.07, 6.45) is 2.86. The lowest BCUT2D eigenvalue weighted by atomic mass is 10.1. The van der Waals surface area contributed by atoms with Crippen molar-refractivity contribution in [3.05, 3.63) is 53.7 Å². The van der Waals surface area contributed by atoms with Crippen LogP contribution in [0.5, 0.6) is 0 Å². The molecular weight excluding hydrogens is 290 g/mol. The third kappa shape index (κ3) is 3.34. The van der Waals surface area contributed by atoms with Gasteiger partial charge < -0.3 is 5.73 Å². The van der Waals surface area contributed by atoms with Crippen LogP contribution in [0.3, 0.4) is 0 Å². The molecule has 4 heteroatoms. The van der Waals surface area contributed by atoms with E-state index in [1.54, 1.807) is 11.3 Å². The van der Waals surface area contributed by atoms with Gasteiger partial charge in [-0.1, -0.05) is 26.0 Å². The van der Waals surface area contributed by atoms with E-state index in [1.165, 1.54) is 0 Å². The number of nitrogens with two attached hydrogens (primary N) is 1. The Balaban J connectivity index is 1.91. The van der Waals surface area contributed by atoms with Gasteiger partial charge in [-0.3, -0.25) is 4.98 Å². The Kier molecular flexibility index (Phi) is 4.20. The van der Waals surface area contributed by atoms with E-state index in [9.17, 15) is 0 Å². The molecule has 3 rings (SSSR count). The summed E-state index contributed by atoms with van der Waals surface area (Å²) < 4.78 is 0. The number of thiazole rings is 1. The maximum Gasteiger partial charge on any atom is 0.124 e. The zero-order valence-electron chi connectivity index (χ0n) is 12.8. The van der Waals surface area contributed by atoms with Crippen LogP contribution in [0.25, 0.3) is 21.8 Å². The molecule has 0 spiro atoms. The third-order valence-electron chi connectivity index (χ3n) is 3.37. The monoisotopic (exact) mass is 309 g/mol. The van der Waals surface area contributed by atoms with Crippen molar-refractivity contribution >= 4 is 17.0 Å². The first-order chi connectivity index (χ1) is 10.6. The van der Waals surface area contributed by atoms with Crippen molar-refractivity contribution in [1.29, 1.82) is 0 Å². The minimum Gasteiger partial charge on any atom is -0.399 e. The van der Waals surface area contributed by atoms with Gasteiger partial charge in [0.05, 0.1) is 5.69 Å². The average Bonchev–Trinajstić information content (AvgIpc) is 2.97. The Bertz CT molecular complexity index is 777. The van der Waals surface area contributed by atoms with Gasteiger partial charge in [0.1, 0.15) is 5.01 Å². The van der Waals surface area contributed by atoms with E-state index in [-0.39, 0.29) is 0 Å². The molecule has 0 atom stereocenters. The molecule has 22 heavy (non-hydrogen) atoms. The lowest BCUT2D eigenvalue weighted by Crippen LogP contribution is -1.97. The summed E-state index contributed by atoms with van der Waals surface area (Å²) in [6, 6.07) is 12.0. The van der Waals surface area contributed by atoms with Gasteiger partial charge in [0.15, 0.2) is 0 Å². The maximum atomic E-state index is 5.85. The van der Waals surface area contributed by atoms with E-state index in [0.29, 0.717) is 5.92 Å². The highest BCUT2D eigenvalue weighted by Gasteiger charge is 2.08. The standard InChI is InChI=1S/C18H19N3S/c1-12(2)8-16-10-14(6-7-20-16)18-21-17(11-22-18)13-4-3-5-15(19)9-13/h3-7,9-12H,8,19H2,1-2H3. The van der Waals surface area contributed by atoms with E-state index in [1.807, 2.05) is 36.5 Å². The zero-order chi connectivity index (χ0) is 15.5. The molecule has 0 aliphatic carbocycles. The predicted octanol–water partition coefficient (Wildman–Crippen LogP) is 4.65. The highest BCUT2D eigenvalue weighted by molar-refractivity contribution is 7.13. The molecule has 2 heterocycles. The summed E-state index contributed by atoms with van der Waals surface area (Å²) >= 11 is 1.65. The molecule has 2 aromatic heterocycles. The number of hydrogen-bond acceptors (Lipinski definition) is 4. The average molecular weight is 309 g/mol. The highest BCUT2D eigenvalue weighted by atomic mass is 32.1. The van der Waals surface area contributed by atoms with Crippen LogP contribution in [0.15, 0.2) is 48.0 Å². The van der Waals surface area contributed by atoms with Gasteiger partial charge >= 0.3 is 0 Å². The van der Waals surface area contributed by atoms with Crippen LogP contribution < -0.4 is 5.73 Å². The number of rotatable bonds is 4. The number of nitrogen functional groups attached to an aromatic ring is 1. The molecule has 0 radical (unpaired) electrons. The molecule has 0 bridgehead atoms. The quantitative estimate of drug-likeness (QED) is 0.713. The van der Waals surface area contributed by atoms with Gasteiger partial charge in [0.2, 0.25) is 0 Å². The highest BCUT2D eigenvalue weighted by Crippen LogP contribution is 2.29. The minimum absolute atomic E-state index is 0.599. The number of pyridine rings is 1. The van der Waals surface area contributed by atoms with Crippen molar-refractivity contribution in [2.24, 2.45) is 5.92 Å². The number of hydrogen-bond donors (Lipinski definition) is 1. The number of aromatic nitrogens is 2. The summed E-state index contributed by atoms with van der Waals surface area (Å²) in [7, 11) is 0. The first-order valence-corrected chi connectivity index (χ1v) is 8.26. The predicted molar refractivity (Wildman–Crippen MR) is 93.7 cm³/mol. The Morgan fingerprint density at radius 3 is 2.77 bits per heavy atom. The second kappa shape index (κ2) is 6.28. The van der Waals surface area contributed by atoms with Crippen molar-refractivity contribution in [3.63, 3.8) is 0 Å². The lowest BCUT2D eigenvalue weighted by Gasteiger charge is -2.05. The normalized spacial score (nSPS) is 11.0. The van der Waals surface area contributed by atoms with Crippen LogP contribution in [0.1, 0.15) is 19.5 Å². The second-order valence-electron chi connectivity index (χ2n) is 5.80. The Hall–Kier alpha value is -2.20. The molecule has 0 aliphatic heterocycles. The molecule has 0 fully saturated rings. The topological polar surface area (TPSA) is 51.8 Å². The minimum atomic E-state index is 0.599. The smallest absolute Gasteiger partial charge is 0.124 e. The molecule has 0 saturated heterocycles. The third-order valence-corrected chi connectivity index (χ3v) is 4.26. The molecule has 112 valence electrons. The molecular formula is C18H19N3S. The maximum absolute atomic E-state index is 5.85. The summed E-state index contributed by atoms with van der Waals surface area (Å²) in [5, 5.41) is 3.09. The molecule has 0 unspecified atom stereocenters. The number of anilines is 1. The van der Waals surface area contributed by atoms with Crippen LogP contribution >= 0.6 is 11.3 Å². The SMILES string of the molecule is CC(C)Cc1cc(-c2nc(-c3cccc(N)c3)cs2)ccn1. The van der Waals surface area contributed by atoms with Crippen LogP contribution in [0, 0.1) is 5.92 Å². The number of benzene rings is 1. The van der Waals surface area contributed by atoms with Gasteiger partial charge in [-0.2, -0.15) is 0 Å². The largest absolute Gasteiger partial charge is 0.399 e. The first-order valence-electron chi connectivity index (χ1n) is 7.38. The van der Waals surface area contributed by atoms with Gasteiger partial charge in [-0.05, 0) is 36.6 Å². The van der Waals surface area contributed by atoms with Crippen molar-refractivity contribution in [3.8, 4) is 21.8 Å². The molecule has 3 aromatic rings. The summed E-state index contributed by atoms with van der Waals surface area (Å²) in [5.41, 5.74) is 10.9. The lowest BCUT2D eigenvalue weighted by molar-refractivity contribution is 0.635. The van der Waals surface area contributed by atoms with Crippen LogP contribution in [0.4, 0.5) is 5.69 Å². The van der Waals surface area contributed by atoms with E-state index in [2.05, 4.69) is 30.3 Å². The van der Waals surface area contributed by atoms with Crippen molar-refractivity contribution in [2.75, 3.05) is 5.73 Å². The van der Waals surface area contributed by atoms with Crippen molar-refractivity contribution in [2.45, 2.75) is 20.3 Å². The molecule has 0 amide bonds. The van der Waals surface area contributed by atoms with E-state index < -0.39 is 0 Å². The van der Waals surface area contributed by atoms with E-state index >= 15 is 0 Å². The van der Waals surface area contributed by atoms with Gasteiger partial charge in [0.25, 0.3) is 0 Å². The Morgan fingerprint density at radius 1 is 1.14 bits per heavy atom. The summed E-state index contributed by atoms with van der Waals surface area (Å²) in [5.74, 6) is 0.599.